The van der Waals surface area contributed by atoms with Gasteiger partial charge in [0.25, 0.3) is 0 Å². The summed E-state index contributed by atoms with van der Waals surface area (Å²) >= 11 is 0. The SMILES string of the molecule is COc1ccc(CNCc2ccc(C)cc2C)cc1OCc1cccnc1. The Morgan fingerprint density at radius 1 is 0.926 bits per heavy atom. The van der Waals surface area contributed by atoms with E-state index in [9.17, 15) is 0 Å². The molecule has 0 amide bonds. The van der Waals surface area contributed by atoms with Crippen LogP contribution in [-0.4, -0.2) is 12.1 Å². The summed E-state index contributed by atoms with van der Waals surface area (Å²) in [4.78, 5) is 4.12. The second kappa shape index (κ2) is 9.19. The lowest BCUT2D eigenvalue weighted by Crippen LogP contribution is -2.13. The van der Waals surface area contributed by atoms with Crippen molar-refractivity contribution in [2.75, 3.05) is 7.11 Å². The van der Waals surface area contributed by atoms with E-state index in [0.29, 0.717) is 6.61 Å². The average Bonchev–Trinajstić information content (AvgIpc) is 2.69. The maximum absolute atomic E-state index is 5.96. The fourth-order valence-corrected chi connectivity index (χ4v) is 2.97. The number of methoxy groups -OCH3 is 1. The number of hydrogen-bond donors (Lipinski definition) is 1. The highest BCUT2D eigenvalue weighted by atomic mass is 16.5. The largest absolute Gasteiger partial charge is 0.493 e. The van der Waals surface area contributed by atoms with Gasteiger partial charge in [0.15, 0.2) is 11.5 Å². The molecule has 0 radical (unpaired) electrons. The molecule has 3 rings (SSSR count). The third-order valence-electron chi connectivity index (χ3n) is 4.49. The predicted octanol–water partition coefficient (Wildman–Crippen LogP) is 4.58. The van der Waals surface area contributed by atoms with Gasteiger partial charge in [0.1, 0.15) is 6.61 Å². The number of rotatable bonds is 8. The van der Waals surface area contributed by atoms with Gasteiger partial charge in [0.05, 0.1) is 7.11 Å². The quantitative estimate of drug-likeness (QED) is 0.637. The van der Waals surface area contributed by atoms with Crippen molar-refractivity contribution in [1.29, 1.82) is 0 Å². The maximum atomic E-state index is 5.96. The number of nitrogens with one attached hydrogen (secondary N) is 1. The zero-order valence-electron chi connectivity index (χ0n) is 16.2. The molecule has 0 saturated carbocycles. The molecule has 1 aromatic heterocycles. The van der Waals surface area contributed by atoms with Gasteiger partial charge < -0.3 is 14.8 Å². The van der Waals surface area contributed by atoms with E-state index < -0.39 is 0 Å². The van der Waals surface area contributed by atoms with Gasteiger partial charge >= 0.3 is 0 Å². The Hall–Kier alpha value is -2.85. The molecule has 2 aromatic carbocycles. The molecule has 0 bridgehead atoms. The highest BCUT2D eigenvalue weighted by Crippen LogP contribution is 2.29. The molecule has 4 heteroatoms. The first-order valence-electron chi connectivity index (χ1n) is 9.11. The molecule has 0 unspecified atom stereocenters. The van der Waals surface area contributed by atoms with Gasteiger partial charge in [0.2, 0.25) is 0 Å². The van der Waals surface area contributed by atoms with Gasteiger partial charge in [-0.25, -0.2) is 0 Å². The standard InChI is InChI=1S/C23H26N2O2/c1-17-6-8-21(18(2)11-17)15-25-13-19-7-9-22(26-3)23(12-19)27-16-20-5-4-10-24-14-20/h4-12,14,25H,13,15-16H2,1-3H3. The zero-order valence-corrected chi connectivity index (χ0v) is 16.2. The first kappa shape index (κ1) is 18.9. The molecular weight excluding hydrogens is 336 g/mol. The van der Waals surface area contributed by atoms with Crippen molar-refractivity contribution in [3.05, 3.63) is 88.7 Å². The molecule has 0 aliphatic heterocycles. The molecule has 0 aliphatic rings. The lowest BCUT2D eigenvalue weighted by Gasteiger charge is -2.13. The van der Waals surface area contributed by atoms with E-state index in [1.807, 2.05) is 30.5 Å². The van der Waals surface area contributed by atoms with Crippen LogP contribution in [0.5, 0.6) is 11.5 Å². The second-order valence-corrected chi connectivity index (χ2v) is 6.67. The summed E-state index contributed by atoms with van der Waals surface area (Å²) in [5.74, 6) is 1.48. The van der Waals surface area contributed by atoms with Crippen LogP contribution in [-0.2, 0) is 19.7 Å². The lowest BCUT2D eigenvalue weighted by molar-refractivity contribution is 0.283. The molecule has 1 N–H and O–H groups in total. The van der Waals surface area contributed by atoms with Crippen LogP contribution in [0.2, 0.25) is 0 Å². The van der Waals surface area contributed by atoms with Crippen LogP contribution in [0.3, 0.4) is 0 Å². The summed E-state index contributed by atoms with van der Waals surface area (Å²) < 4.78 is 11.4. The molecular formula is C23H26N2O2. The monoisotopic (exact) mass is 362 g/mol. The van der Waals surface area contributed by atoms with Crippen LogP contribution in [0.1, 0.15) is 27.8 Å². The number of pyridine rings is 1. The summed E-state index contributed by atoms with van der Waals surface area (Å²) in [6.45, 7) is 6.34. The Kier molecular flexibility index (Phi) is 6.44. The smallest absolute Gasteiger partial charge is 0.161 e. The summed E-state index contributed by atoms with van der Waals surface area (Å²) in [6, 6.07) is 16.5. The third-order valence-corrected chi connectivity index (χ3v) is 4.49. The van der Waals surface area contributed by atoms with Crippen molar-refractivity contribution in [3.63, 3.8) is 0 Å². The van der Waals surface area contributed by atoms with Gasteiger partial charge in [-0.3, -0.25) is 4.98 Å². The van der Waals surface area contributed by atoms with Gasteiger partial charge in [-0.1, -0.05) is 35.9 Å². The minimum atomic E-state index is 0.462. The van der Waals surface area contributed by atoms with Crippen molar-refractivity contribution in [2.24, 2.45) is 0 Å². The topological polar surface area (TPSA) is 43.4 Å². The summed E-state index contributed by atoms with van der Waals surface area (Å²) in [5.41, 5.74) is 6.11. The highest BCUT2D eigenvalue weighted by Gasteiger charge is 2.07. The summed E-state index contributed by atoms with van der Waals surface area (Å²) in [6.07, 6.45) is 3.56. The first-order valence-corrected chi connectivity index (χ1v) is 9.11. The van der Waals surface area contributed by atoms with Crippen LogP contribution >= 0.6 is 0 Å². The molecule has 0 spiro atoms. The molecule has 4 nitrogen and oxygen atoms in total. The van der Waals surface area contributed by atoms with Gasteiger partial charge in [0, 0.05) is 31.0 Å². The molecule has 140 valence electrons. The van der Waals surface area contributed by atoms with Crippen molar-refractivity contribution >= 4 is 0 Å². The van der Waals surface area contributed by atoms with E-state index in [1.165, 1.54) is 16.7 Å². The van der Waals surface area contributed by atoms with Crippen molar-refractivity contribution in [3.8, 4) is 11.5 Å². The van der Waals surface area contributed by atoms with E-state index in [0.717, 1.165) is 35.7 Å². The molecule has 3 aromatic rings. The number of nitrogens with zero attached hydrogens (tertiary/aromatic N) is 1. The Morgan fingerprint density at radius 3 is 2.56 bits per heavy atom. The van der Waals surface area contributed by atoms with E-state index in [-0.39, 0.29) is 0 Å². The van der Waals surface area contributed by atoms with Crippen molar-refractivity contribution in [2.45, 2.75) is 33.5 Å². The third kappa shape index (κ3) is 5.31. The Balaban J connectivity index is 1.62. The number of aryl methyl sites for hydroxylation is 2. The Labute approximate surface area is 161 Å². The zero-order chi connectivity index (χ0) is 19.1. The normalized spacial score (nSPS) is 10.6. The molecule has 0 atom stereocenters. The molecule has 1 heterocycles. The number of benzene rings is 2. The minimum Gasteiger partial charge on any atom is -0.493 e. The van der Waals surface area contributed by atoms with Crippen molar-refractivity contribution in [1.82, 2.24) is 10.3 Å². The highest BCUT2D eigenvalue weighted by molar-refractivity contribution is 5.43. The van der Waals surface area contributed by atoms with Crippen LogP contribution < -0.4 is 14.8 Å². The minimum absolute atomic E-state index is 0.462. The number of hydrogen-bond acceptors (Lipinski definition) is 4. The van der Waals surface area contributed by atoms with E-state index in [1.54, 1.807) is 13.3 Å². The number of ether oxygens (including phenoxy) is 2. The molecule has 0 fully saturated rings. The van der Waals surface area contributed by atoms with Crippen LogP contribution in [0.4, 0.5) is 0 Å². The summed E-state index contributed by atoms with van der Waals surface area (Å²) in [5, 5.41) is 3.51. The van der Waals surface area contributed by atoms with Gasteiger partial charge in [-0.15, -0.1) is 0 Å². The Bertz CT molecular complexity index is 879. The van der Waals surface area contributed by atoms with Crippen LogP contribution in [0.25, 0.3) is 0 Å². The maximum Gasteiger partial charge on any atom is 0.161 e. The van der Waals surface area contributed by atoms with E-state index in [4.69, 9.17) is 9.47 Å². The molecule has 27 heavy (non-hydrogen) atoms. The molecule has 0 saturated heterocycles. The first-order chi connectivity index (χ1) is 13.2. The van der Waals surface area contributed by atoms with E-state index >= 15 is 0 Å². The molecule has 0 aliphatic carbocycles. The predicted molar refractivity (Wildman–Crippen MR) is 108 cm³/mol. The van der Waals surface area contributed by atoms with Gasteiger partial charge in [-0.2, -0.15) is 0 Å². The Morgan fingerprint density at radius 2 is 1.81 bits per heavy atom. The lowest BCUT2D eigenvalue weighted by atomic mass is 10.1. The van der Waals surface area contributed by atoms with Crippen LogP contribution in [0.15, 0.2) is 60.9 Å². The second-order valence-electron chi connectivity index (χ2n) is 6.67. The number of aromatic nitrogens is 1. The fourth-order valence-electron chi connectivity index (χ4n) is 2.97. The van der Waals surface area contributed by atoms with Crippen molar-refractivity contribution < 1.29 is 9.47 Å². The van der Waals surface area contributed by atoms with E-state index in [2.05, 4.69) is 48.4 Å². The fraction of sp³-hybridized carbons (Fsp3) is 0.261. The van der Waals surface area contributed by atoms with Crippen LogP contribution in [0, 0.1) is 13.8 Å². The van der Waals surface area contributed by atoms with Gasteiger partial charge in [-0.05, 0) is 48.7 Å². The summed E-state index contributed by atoms with van der Waals surface area (Å²) in [7, 11) is 1.66. The average molecular weight is 362 g/mol.